The maximum Gasteiger partial charge on any atom is 0.165 e. The van der Waals surface area contributed by atoms with E-state index in [2.05, 4.69) is 10.3 Å². The molecule has 1 aromatic heterocycles. The molecule has 1 aliphatic rings. The lowest BCUT2D eigenvalue weighted by Gasteiger charge is -2.27. The van der Waals surface area contributed by atoms with Gasteiger partial charge in [-0.25, -0.2) is 9.37 Å². The van der Waals surface area contributed by atoms with E-state index in [-0.39, 0.29) is 5.02 Å². The van der Waals surface area contributed by atoms with Gasteiger partial charge >= 0.3 is 0 Å². The number of rotatable bonds is 2. The Morgan fingerprint density at radius 3 is 2.94 bits per heavy atom. The summed E-state index contributed by atoms with van der Waals surface area (Å²) in [5.74, 6) is -0.00317. The molecule has 0 radical (unpaired) electrons. The molecule has 3 rings (SSSR count). The summed E-state index contributed by atoms with van der Waals surface area (Å²) in [7, 11) is 0. The number of benzene rings is 1. The maximum absolute atomic E-state index is 13.9. The van der Waals surface area contributed by atoms with Crippen molar-refractivity contribution in [3.63, 3.8) is 0 Å². The van der Waals surface area contributed by atoms with E-state index in [1.54, 1.807) is 35.3 Å². The number of aromatic nitrogens is 2. The summed E-state index contributed by atoms with van der Waals surface area (Å²) in [5.41, 5.74) is 1.47. The van der Waals surface area contributed by atoms with Crippen molar-refractivity contribution in [2.24, 2.45) is 0 Å². The van der Waals surface area contributed by atoms with Crippen molar-refractivity contribution in [3.05, 3.63) is 47.3 Å². The third-order valence-corrected chi connectivity index (χ3v) is 3.35. The first-order valence-corrected chi connectivity index (χ1v) is 5.82. The summed E-state index contributed by atoms with van der Waals surface area (Å²) in [6, 6.07) is 4.99. The summed E-state index contributed by atoms with van der Waals surface area (Å²) in [4.78, 5) is 4.10. The summed E-state index contributed by atoms with van der Waals surface area (Å²) in [6.07, 6.45) is 3.41. The SMILES string of the molecule is Fc1c(Cl)cccc1-n1cncc1C1CNC1. The highest BCUT2D eigenvalue weighted by atomic mass is 35.5. The van der Waals surface area contributed by atoms with Crippen molar-refractivity contribution in [2.45, 2.75) is 5.92 Å². The molecule has 0 atom stereocenters. The summed E-state index contributed by atoms with van der Waals surface area (Å²) >= 11 is 5.79. The number of imidazole rings is 1. The lowest BCUT2D eigenvalue weighted by molar-refractivity contribution is 0.434. The fraction of sp³-hybridized carbons (Fsp3) is 0.250. The van der Waals surface area contributed by atoms with Gasteiger partial charge in [0.25, 0.3) is 0 Å². The summed E-state index contributed by atoms with van der Waals surface area (Å²) in [5, 5.41) is 3.33. The topological polar surface area (TPSA) is 29.9 Å². The molecule has 0 unspecified atom stereocenters. The molecule has 1 fully saturated rings. The molecule has 1 saturated heterocycles. The maximum atomic E-state index is 13.9. The van der Waals surface area contributed by atoms with E-state index >= 15 is 0 Å². The normalized spacial score (nSPS) is 15.9. The molecular formula is C12H11ClFN3. The molecule has 0 aliphatic carbocycles. The Morgan fingerprint density at radius 1 is 1.41 bits per heavy atom. The van der Waals surface area contributed by atoms with Crippen LogP contribution in [0.5, 0.6) is 0 Å². The van der Waals surface area contributed by atoms with E-state index in [9.17, 15) is 4.39 Å². The van der Waals surface area contributed by atoms with Crippen molar-refractivity contribution in [1.82, 2.24) is 14.9 Å². The van der Waals surface area contributed by atoms with Gasteiger partial charge in [-0.3, -0.25) is 4.57 Å². The molecule has 1 N–H and O–H groups in total. The fourth-order valence-corrected chi connectivity index (χ4v) is 2.15. The minimum atomic E-state index is -0.402. The van der Waals surface area contributed by atoms with Crippen LogP contribution in [0.15, 0.2) is 30.7 Å². The van der Waals surface area contributed by atoms with Crippen LogP contribution >= 0.6 is 11.6 Å². The van der Waals surface area contributed by atoms with Gasteiger partial charge in [-0.1, -0.05) is 17.7 Å². The Hall–Kier alpha value is -1.39. The predicted octanol–water partition coefficient (Wildman–Crippen LogP) is 2.35. The number of hydrogen-bond acceptors (Lipinski definition) is 2. The van der Waals surface area contributed by atoms with Gasteiger partial charge in [-0.2, -0.15) is 0 Å². The van der Waals surface area contributed by atoms with E-state index in [1.807, 2.05) is 0 Å². The van der Waals surface area contributed by atoms with Gasteiger partial charge in [0, 0.05) is 30.9 Å². The highest BCUT2D eigenvalue weighted by Gasteiger charge is 2.23. The van der Waals surface area contributed by atoms with Gasteiger partial charge in [0.05, 0.1) is 17.0 Å². The minimum absolute atomic E-state index is 0.133. The zero-order valence-corrected chi connectivity index (χ0v) is 9.78. The molecule has 2 aromatic rings. The molecular weight excluding hydrogens is 241 g/mol. The van der Waals surface area contributed by atoms with Gasteiger partial charge in [0.1, 0.15) is 0 Å². The minimum Gasteiger partial charge on any atom is -0.315 e. The van der Waals surface area contributed by atoms with E-state index in [1.165, 1.54) is 0 Å². The number of halogens is 2. The lowest BCUT2D eigenvalue weighted by Crippen LogP contribution is -2.40. The summed E-state index contributed by atoms with van der Waals surface area (Å²) in [6.45, 7) is 1.82. The zero-order chi connectivity index (χ0) is 11.8. The molecule has 5 heteroatoms. The highest BCUT2D eigenvalue weighted by Crippen LogP contribution is 2.26. The Morgan fingerprint density at radius 2 is 2.24 bits per heavy atom. The molecule has 0 bridgehead atoms. The van der Waals surface area contributed by atoms with Gasteiger partial charge in [-0.15, -0.1) is 0 Å². The van der Waals surface area contributed by atoms with Crippen LogP contribution in [0.4, 0.5) is 4.39 Å². The van der Waals surface area contributed by atoms with E-state index in [4.69, 9.17) is 11.6 Å². The average Bonchev–Trinajstić information content (AvgIpc) is 2.68. The average molecular weight is 252 g/mol. The molecule has 1 aliphatic heterocycles. The first kappa shape index (κ1) is 10.7. The van der Waals surface area contributed by atoms with Gasteiger partial charge in [0.2, 0.25) is 0 Å². The molecule has 0 saturated carbocycles. The molecule has 88 valence electrons. The van der Waals surface area contributed by atoms with Crippen molar-refractivity contribution in [1.29, 1.82) is 0 Å². The van der Waals surface area contributed by atoms with Crippen LogP contribution in [0.25, 0.3) is 5.69 Å². The first-order chi connectivity index (χ1) is 8.27. The van der Waals surface area contributed by atoms with Crippen molar-refractivity contribution in [2.75, 3.05) is 13.1 Å². The van der Waals surface area contributed by atoms with Crippen LogP contribution in [0.3, 0.4) is 0 Å². The Bertz CT molecular complexity index is 548. The highest BCUT2D eigenvalue weighted by molar-refractivity contribution is 6.30. The molecule has 0 spiro atoms. The lowest BCUT2D eigenvalue weighted by atomic mass is 10.00. The Kier molecular flexibility index (Phi) is 2.61. The van der Waals surface area contributed by atoms with E-state index < -0.39 is 5.82 Å². The van der Waals surface area contributed by atoms with Crippen LogP contribution in [0.1, 0.15) is 11.6 Å². The monoisotopic (exact) mass is 251 g/mol. The van der Waals surface area contributed by atoms with Crippen LogP contribution in [-0.4, -0.2) is 22.6 Å². The molecule has 1 aromatic carbocycles. The number of hydrogen-bond donors (Lipinski definition) is 1. The summed E-state index contributed by atoms with van der Waals surface area (Å²) < 4.78 is 15.7. The van der Waals surface area contributed by atoms with Gasteiger partial charge in [0.15, 0.2) is 5.82 Å². The quantitative estimate of drug-likeness (QED) is 0.888. The van der Waals surface area contributed by atoms with Crippen molar-refractivity contribution >= 4 is 11.6 Å². The largest absolute Gasteiger partial charge is 0.315 e. The van der Waals surface area contributed by atoms with E-state index in [0.29, 0.717) is 11.6 Å². The molecule has 0 amide bonds. The molecule has 2 heterocycles. The van der Waals surface area contributed by atoms with Crippen molar-refractivity contribution in [3.8, 4) is 5.69 Å². The Labute approximate surface area is 103 Å². The number of nitrogens with zero attached hydrogens (tertiary/aromatic N) is 2. The van der Waals surface area contributed by atoms with Gasteiger partial charge in [-0.05, 0) is 12.1 Å². The van der Waals surface area contributed by atoms with Crippen LogP contribution in [0, 0.1) is 5.82 Å². The Balaban J connectivity index is 2.09. The second kappa shape index (κ2) is 4.13. The van der Waals surface area contributed by atoms with Crippen LogP contribution in [-0.2, 0) is 0 Å². The second-order valence-corrected chi connectivity index (χ2v) is 4.52. The van der Waals surface area contributed by atoms with Crippen molar-refractivity contribution < 1.29 is 4.39 Å². The van der Waals surface area contributed by atoms with Crippen LogP contribution < -0.4 is 5.32 Å². The zero-order valence-electron chi connectivity index (χ0n) is 9.03. The first-order valence-electron chi connectivity index (χ1n) is 5.44. The van der Waals surface area contributed by atoms with Crippen LogP contribution in [0.2, 0.25) is 5.02 Å². The fourth-order valence-electron chi connectivity index (χ4n) is 1.98. The third-order valence-electron chi connectivity index (χ3n) is 3.06. The second-order valence-electron chi connectivity index (χ2n) is 4.12. The standard InChI is InChI=1S/C12H11ClFN3/c13-9-2-1-3-10(12(9)14)17-7-16-6-11(17)8-4-15-5-8/h1-3,6-8,15H,4-5H2. The van der Waals surface area contributed by atoms with E-state index in [0.717, 1.165) is 18.8 Å². The molecule has 3 nitrogen and oxygen atoms in total. The predicted molar refractivity (Wildman–Crippen MR) is 64.1 cm³/mol. The molecule has 17 heavy (non-hydrogen) atoms. The number of nitrogens with one attached hydrogen (secondary N) is 1. The smallest absolute Gasteiger partial charge is 0.165 e. The third kappa shape index (κ3) is 1.73. The van der Waals surface area contributed by atoms with Gasteiger partial charge < -0.3 is 5.32 Å².